The minimum absolute atomic E-state index is 0.0498. The van der Waals surface area contributed by atoms with Crippen molar-refractivity contribution in [2.24, 2.45) is 5.41 Å². The lowest BCUT2D eigenvalue weighted by Crippen LogP contribution is -2.58. The summed E-state index contributed by atoms with van der Waals surface area (Å²) in [6.45, 7) is 2.28. The molecule has 2 aliphatic rings. The molecule has 32 heavy (non-hydrogen) atoms. The number of benzene rings is 1. The van der Waals surface area contributed by atoms with Crippen molar-refractivity contribution >= 4 is 11.8 Å². The van der Waals surface area contributed by atoms with Crippen LogP contribution in [0.3, 0.4) is 0 Å². The summed E-state index contributed by atoms with van der Waals surface area (Å²) in [7, 11) is 0. The summed E-state index contributed by atoms with van der Waals surface area (Å²) in [4.78, 5) is 30.1. The number of rotatable bonds is 4. The maximum absolute atomic E-state index is 14.2. The number of piperazine rings is 1. The number of halogens is 3. The van der Waals surface area contributed by atoms with Gasteiger partial charge >= 0.3 is 6.18 Å². The summed E-state index contributed by atoms with van der Waals surface area (Å²) in [5.74, 6) is -1.19. The number of carbonyl (C=O) groups excluding carboxylic acids is 2. The first-order chi connectivity index (χ1) is 15.2. The second-order valence-corrected chi connectivity index (χ2v) is 8.44. The Balaban J connectivity index is 1.42. The van der Waals surface area contributed by atoms with Gasteiger partial charge in [0.05, 0.1) is 5.69 Å². The second-order valence-electron chi connectivity index (χ2n) is 8.44. The number of aryl methyl sites for hydroxylation is 1. The Morgan fingerprint density at radius 3 is 2.31 bits per heavy atom. The van der Waals surface area contributed by atoms with Crippen LogP contribution in [0.25, 0.3) is 0 Å². The van der Waals surface area contributed by atoms with Crippen LogP contribution in [0, 0.1) is 12.3 Å². The molecule has 0 aliphatic carbocycles. The van der Waals surface area contributed by atoms with Crippen LogP contribution >= 0.6 is 0 Å². The van der Waals surface area contributed by atoms with E-state index < -0.39 is 17.5 Å². The zero-order chi connectivity index (χ0) is 22.9. The maximum Gasteiger partial charge on any atom is 0.404 e. The molecule has 4 rings (SSSR count). The highest BCUT2D eigenvalue weighted by Gasteiger charge is 2.64. The SMILES string of the molecule is Cc1cc(C(=O)N2CCN(C(=O)C3(C(F)(F)F)CCN(Cc4ccccc4)C3)CC2)on1. The second kappa shape index (κ2) is 8.57. The Kier molecular flexibility index (Phi) is 5.98. The fourth-order valence-electron chi connectivity index (χ4n) is 4.43. The summed E-state index contributed by atoms with van der Waals surface area (Å²) >= 11 is 0. The van der Waals surface area contributed by atoms with Crippen molar-refractivity contribution in [3.63, 3.8) is 0 Å². The Hall–Kier alpha value is -2.88. The molecule has 2 aliphatic heterocycles. The molecule has 0 radical (unpaired) electrons. The van der Waals surface area contributed by atoms with Crippen LogP contribution in [-0.4, -0.2) is 77.1 Å². The predicted octanol–water partition coefficient (Wildman–Crippen LogP) is 2.72. The van der Waals surface area contributed by atoms with Crippen LogP contribution in [0.5, 0.6) is 0 Å². The molecule has 3 heterocycles. The summed E-state index contributed by atoms with van der Waals surface area (Å²) in [6, 6.07) is 10.8. The smallest absolute Gasteiger partial charge is 0.351 e. The molecule has 1 atom stereocenters. The summed E-state index contributed by atoms with van der Waals surface area (Å²) in [5.41, 5.74) is -0.945. The molecule has 0 bridgehead atoms. The first-order valence-electron chi connectivity index (χ1n) is 10.5. The van der Waals surface area contributed by atoms with Gasteiger partial charge < -0.3 is 14.3 Å². The number of carbonyl (C=O) groups is 2. The van der Waals surface area contributed by atoms with Gasteiger partial charge in [-0.2, -0.15) is 13.2 Å². The number of hydrogen-bond donors (Lipinski definition) is 0. The van der Waals surface area contributed by atoms with Gasteiger partial charge in [-0.1, -0.05) is 35.5 Å². The number of likely N-dealkylation sites (tertiary alicyclic amines) is 1. The Bertz CT molecular complexity index is 970. The van der Waals surface area contributed by atoms with Crippen LogP contribution < -0.4 is 0 Å². The lowest BCUT2D eigenvalue weighted by molar-refractivity contribution is -0.224. The van der Waals surface area contributed by atoms with Gasteiger partial charge in [-0.25, -0.2) is 0 Å². The molecule has 10 heteroatoms. The van der Waals surface area contributed by atoms with Crippen molar-refractivity contribution in [3.05, 3.63) is 53.4 Å². The van der Waals surface area contributed by atoms with Crippen LogP contribution in [0.15, 0.2) is 40.9 Å². The van der Waals surface area contributed by atoms with Gasteiger partial charge in [0.2, 0.25) is 11.7 Å². The predicted molar refractivity (Wildman–Crippen MR) is 109 cm³/mol. The third-order valence-electron chi connectivity index (χ3n) is 6.24. The maximum atomic E-state index is 14.2. The van der Waals surface area contributed by atoms with E-state index in [1.807, 2.05) is 30.3 Å². The molecular weight excluding hydrogens is 425 g/mol. The average Bonchev–Trinajstić information content (AvgIpc) is 3.40. The molecule has 1 aromatic heterocycles. The van der Waals surface area contributed by atoms with E-state index in [0.29, 0.717) is 12.2 Å². The van der Waals surface area contributed by atoms with Crippen LogP contribution in [0.4, 0.5) is 13.2 Å². The minimum atomic E-state index is -4.65. The van der Waals surface area contributed by atoms with Crippen LogP contribution in [0.2, 0.25) is 0 Å². The van der Waals surface area contributed by atoms with E-state index in [0.717, 1.165) is 5.56 Å². The van der Waals surface area contributed by atoms with E-state index in [4.69, 9.17) is 4.52 Å². The lowest BCUT2D eigenvalue weighted by Gasteiger charge is -2.40. The summed E-state index contributed by atoms with van der Waals surface area (Å²) in [6.07, 6.45) is -4.92. The van der Waals surface area contributed by atoms with Crippen LogP contribution in [0.1, 0.15) is 28.2 Å². The number of amides is 2. The first kappa shape index (κ1) is 22.3. The zero-order valence-corrected chi connectivity index (χ0v) is 17.8. The van der Waals surface area contributed by atoms with E-state index in [-0.39, 0.29) is 57.4 Å². The molecule has 1 unspecified atom stereocenters. The summed E-state index contributed by atoms with van der Waals surface area (Å²) < 4.78 is 47.6. The average molecular weight is 450 g/mol. The molecular formula is C22H25F3N4O3. The number of alkyl halides is 3. The molecule has 7 nitrogen and oxygen atoms in total. The molecule has 0 saturated carbocycles. The van der Waals surface area contributed by atoms with E-state index >= 15 is 0 Å². The molecule has 1 aromatic carbocycles. The Morgan fingerprint density at radius 2 is 1.72 bits per heavy atom. The number of nitrogens with zero attached hydrogens (tertiary/aromatic N) is 4. The third kappa shape index (κ3) is 4.23. The number of aromatic nitrogens is 1. The highest BCUT2D eigenvalue weighted by atomic mass is 19.4. The van der Waals surface area contributed by atoms with E-state index in [9.17, 15) is 22.8 Å². The Morgan fingerprint density at radius 1 is 1.06 bits per heavy atom. The van der Waals surface area contributed by atoms with Crippen molar-refractivity contribution in [3.8, 4) is 0 Å². The largest absolute Gasteiger partial charge is 0.404 e. The molecule has 0 spiro atoms. The minimum Gasteiger partial charge on any atom is -0.351 e. The zero-order valence-electron chi connectivity index (χ0n) is 17.8. The van der Waals surface area contributed by atoms with Gasteiger partial charge in [0, 0.05) is 45.3 Å². The van der Waals surface area contributed by atoms with Crippen molar-refractivity contribution in [2.75, 3.05) is 39.3 Å². The topological polar surface area (TPSA) is 69.9 Å². The lowest BCUT2D eigenvalue weighted by atomic mass is 9.84. The molecule has 2 saturated heterocycles. The summed E-state index contributed by atoms with van der Waals surface area (Å²) in [5, 5.41) is 3.68. The molecule has 172 valence electrons. The van der Waals surface area contributed by atoms with E-state index in [1.54, 1.807) is 11.8 Å². The van der Waals surface area contributed by atoms with Gasteiger partial charge in [-0.15, -0.1) is 0 Å². The quantitative estimate of drug-likeness (QED) is 0.717. The van der Waals surface area contributed by atoms with Gasteiger partial charge in [0.15, 0.2) is 5.41 Å². The fraction of sp³-hybridized carbons (Fsp3) is 0.500. The van der Waals surface area contributed by atoms with Gasteiger partial charge in [-0.05, 0) is 25.5 Å². The normalized spacial score (nSPS) is 22.4. The number of hydrogen-bond acceptors (Lipinski definition) is 5. The Labute approximate surface area is 183 Å². The van der Waals surface area contributed by atoms with Crippen molar-refractivity contribution in [1.29, 1.82) is 0 Å². The van der Waals surface area contributed by atoms with Crippen LogP contribution in [-0.2, 0) is 11.3 Å². The fourth-order valence-corrected chi connectivity index (χ4v) is 4.43. The highest BCUT2D eigenvalue weighted by molar-refractivity contribution is 5.92. The molecule has 2 amide bonds. The monoisotopic (exact) mass is 450 g/mol. The van der Waals surface area contributed by atoms with E-state index in [1.165, 1.54) is 15.9 Å². The highest BCUT2D eigenvalue weighted by Crippen LogP contribution is 2.47. The first-order valence-corrected chi connectivity index (χ1v) is 10.5. The molecule has 2 aromatic rings. The molecule has 2 fully saturated rings. The van der Waals surface area contributed by atoms with Gasteiger partial charge in [0.1, 0.15) is 0 Å². The van der Waals surface area contributed by atoms with E-state index in [2.05, 4.69) is 5.16 Å². The van der Waals surface area contributed by atoms with Gasteiger partial charge in [-0.3, -0.25) is 14.5 Å². The van der Waals surface area contributed by atoms with Crippen molar-refractivity contribution < 1.29 is 27.3 Å². The third-order valence-corrected chi connectivity index (χ3v) is 6.24. The molecule has 0 N–H and O–H groups in total. The standard InChI is InChI=1S/C22H25F3N4O3/c1-16-13-18(32-26-16)19(30)28-9-11-29(12-10-28)20(31)21(22(23,24)25)7-8-27(15-21)14-17-5-3-2-4-6-17/h2-6,13H,7-12,14-15H2,1H3. The van der Waals surface area contributed by atoms with Crippen molar-refractivity contribution in [2.45, 2.75) is 26.1 Å². The van der Waals surface area contributed by atoms with Crippen molar-refractivity contribution in [1.82, 2.24) is 19.9 Å². The van der Waals surface area contributed by atoms with Gasteiger partial charge in [0.25, 0.3) is 5.91 Å².